The first-order valence-corrected chi connectivity index (χ1v) is 6.91. The fourth-order valence-corrected chi connectivity index (χ4v) is 2.40. The summed E-state index contributed by atoms with van der Waals surface area (Å²) >= 11 is 1.23. The third-order valence-electron chi connectivity index (χ3n) is 2.76. The maximum Gasteiger partial charge on any atom is 0.316 e. The number of carboxylic acid groups (broad SMARTS) is 1. The summed E-state index contributed by atoms with van der Waals surface area (Å²) in [5.41, 5.74) is 1.77. The van der Waals surface area contributed by atoms with Crippen molar-refractivity contribution in [2.75, 3.05) is 0 Å². The number of fused-ring (bicyclic) bond motifs is 1. The molecular formula is C13H17N3O2S. The van der Waals surface area contributed by atoms with E-state index >= 15 is 0 Å². The molecule has 0 aliphatic heterocycles. The number of aromatic nitrogens is 3. The number of hydrogen-bond acceptors (Lipinski definition) is 4. The summed E-state index contributed by atoms with van der Waals surface area (Å²) in [6.45, 7) is 7.93. The molecule has 0 aromatic carbocycles. The summed E-state index contributed by atoms with van der Waals surface area (Å²) in [5.74, 6) is -0.843. The van der Waals surface area contributed by atoms with Crippen LogP contribution >= 0.6 is 11.8 Å². The molecule has 1 unspecified atom stereocenters. The van der Waals surface area contributed by atoms with Crippen molar-refractivity contribution in [2.24, 2.45) is 0 Å². The Morgan fingerprint density at radius 3 is 2.74 bits per heavy atom. The Bertz CT molecular complexity index is 616. The molecule has 2 rings (SSSR count). The zero-order valence-corrected chi connectivity index (χ0v) is 12.2. The number of carbonyl (C=O) groups is 1. The Balaban J connectivity index is 2.45. The normalized spacial score (nSPS) is 13.7. The van der Waals surface area contributed by atoms with Gasteiger partial charge in [-0.15, -0.1) is 0 Å². The van der Waals surface area contributed by atoms with Crippen LogP contribution in [-0.4, -0.2) is 30.9 Å². The van der Waals surface area contributed by atoms with Crippen LogP contribution in [-0.2, 0) is 10.2 Å². The highest BCUT2D eigenvalue weighted by molar-refractivity contribution is 8.00. The van der Waals surface area contributed by atoms with Crippen molar-refractivity contribution >= 4 is 23.2 Å². The van der Waals surface area contributed by atoms with Crippen molar-refractivity contribution < 1.29 is 9.90 Å². The van der Waals surface area contributed by atoms with E-state index in [-0.39, 0.29) is 5.41 Å². The first kappa shape index (κ1) is 13.9. The Kier molecular flexibility index (Phi) is 3.54. The Morgan fingerprint density at radius 1 is 1.47 bits per heavy atom. The third kappa shape index (κ3) is 2.89. The van der Waals surface area contributed by atoms with Crippen LogP contribution < -0.4 is 0 Å². The Hall–Kier alpha value is -1.56. The van der Waals surface area contributed by atoms with Crippen LogP contribution in [0.5, 0.6) is 0 Å². The highest BCUT2D eigenvalue weighted by Gasteiger charge is 2.21. The second-order valence-corrected chi connectivity index (χ2v) is 6.77. The summed E-state index contributed by atoms with van der Waals surface area (Å²) in [4.78, 5) is 15.2. The van der Waals surface area contributed by atoms with Crippen LogP contribution in [0.2, 0.25) is 0 Å². The van der Waals surface area contributed by atoms with Crippen molar-refractivity contribution in [1.29, 1.82) is 0 Å². The lowest BCUT2D eigenvalue weighted by atomic mass is 9.92. The van der Waals surface area contributed by atoms with Gasteiger partial charge in [-0.2, -0.15) is 5.10 Å². The number of hydrogen-bond donors (Lipinski definition) is 1. The van der Waals surface area contributed by atoms with Gasteiger partial charge in [0, 0.05) is 17.8 Å². The molecule has 0 bridgehead atoms. The zero-order valence-electron chi connectivity index (χ0n) is 11.4. The lowest BCUT2D eigenvalue weighted by Crippen LogP contribution is -2.11. The van der Waals surface area contributed by atoms with Gasteiger partial charge >= 0.3 is 5.97 Å². The van der Waals surface area contributed by atoms with Crippen LogP contribution in [0.3, 0.4) is 0 Å². The maximum atomic E-state index is 10.9. The number of aliphatic carboxylic acids is 1. The molecule has 1 atom stereocenters. The Labute approximate surface area is 116 Å². The molecule has 0 spiro atoms. The van der Waals surface area contributed by atoms with Crippen molar-refractivity contribution in [1.82, 2.24) is 14.6 Å². The molecule has 5 nitrogen and oxygen atoms in total. The predicted molar refractivity (Wildman–Crippen MR) is 74.6 cm³/mol. The minimum absolute atomic E-state index is 0.0492. The third-order valence-corrected chi connectivity index (χ3v) is 3.85. The van der Waals surface area contributed by atoms with Gasteiger partial charge in [0.1, 0.15) is 10.3 Å². The maximum absolute atomic E-state index is 10.9. The largest absolute Gasteiger partial charge is 0.480 e. The number of carboxylic acids is 1. The van der Waals surface area contributed by atoms with Crippen LogP contribution in [0.15, 0.2) is 23.5 Å². The number of rotatable bonds is 3. The molecule has 0 amide bonds. The molecule has 0 fully saturated rings. The minimum atomic E-state index is -0.843. The van der Waals surface area contributed by atoms with E-state index in [1.807, 2.05) is 6.07 Å². The standard InChI is InChI=1S/C13H17N3O2S/c1-8(12(17)18)19-11-9-7-10(13(2,3)4)15-16(9)6-5-14-11/h5-8H,1-4H3,(H,17,18). The molecule has 0 aliphatic carbocycles. The highest BCUT2D eigenvalue weighted by Crippen LogP contribution is 2.29. The highest BCUT2D eigenvalue weighted by atomic mass is 32.2. The summed E-state index contributed by atoms with van der Waals surface area (Å²) in [6.07, 6.45) is 3.42. The number of nitrogens with zero attached hydrogens (tertiary/aromatic N) is 3. The topological polar surface area (TPSA) is 67.5 Å². The second kappa shape index (κ2) is 4.85. The molecule has 1 N–H and O–H groups in total. The summed E-state index contributed by atoms with van der Waals surface area (Å²) < 4.78 is 1.75. The van der Waals surface area contributed by atoms with E-state index in [2.05, 4.69) is 30.9 Å². The lowest BCUT2D eigenvalue weighted by Gasteiger charge is -2.13. The minimum Gasteiger partial charge on any atom is -0.480 e. The van der Waals surface area contributed by atoms with Gasteiger partial charge < -0.3 is 5.11 Å². The van der Waals surface area contributed by atoms with E-state index < -0.39 is 11.2 Å². The molecule has 0 saturated carbocycles. The summed E-state index contributed by atoms with van der Waals surface area (Å²) in [5, 5.41) is 13.7. The van der Waals surface area contributed by atoms with Gasteiger partial charge in [-0.1, -0.05) is 32.5 Å². The van der Waals surface area contributed by atoms with E-state index in [1.54, 1.807) is 23.8 Å². The SMILES string of the molecule is CC(Sc1nccn2nc(C(C)(C)C)cc12)C(=O)O. The Morgan fingerprint density at radius 2 is 2.16 bits per heavy atom. The molecule has 6 heteroatoms. The molecule has 0 radical (unpaired) electrons. The van der Waals surface area contributed by atoms with Crippen molar-refractivity contribution in [3.8, 4) is 0 Å². The smallest absolute Gasteiger partial charge is 0.316 e. The molecule has 2 heterocycles. The fraction of sp³-hybridized carbons (Fsp3) is 0.462. The molecule has 2 aromatic rings. The van der Waals surface area contributed by atoms with E-state index in [1.165, 1.54) is 11.8 Å². The molecule has 0 aliphatic rings. The summed E-state index contributed by atoms with van der Waals surface area (Å²) in [6, 6.07) is 1.98. The van der Waals surface area contributed by atoms with Gasteiger partial charge in [0.05, 0.1) is 11.2 Å². The van der Waals surface area contributed by atoms with Crippen molar-refractivity contribution in [3.63, 3.8) is 0 Å². The lowest BCUT2D eigenvalue weighted by molar-refractivity contribution is -0.136. The average molecular weight is 279 g/mol. The van der Waals surface area contributed by atoms with Crippen LogP contribution in [0.25, 0.3) is 5.52 Å². The van der Waals surface area contributed by atoms with E-state index in [4.69, 9.17) is 5.11 Å². The van der Waals surface area contributed by atoms with E-state index in [9.17, 15) is 4.79 Å². The fourth-order valence-electron chi connectivity index (χ4n) is 1.57. The first-order chi connectivity index (χ1) is 8.79. The molecular weight excluding hydrogens is 262 g/mol. The van der Waals surface area contributed by atoms with Gasteiger partial charge in [0.25, 0.3) is 0 Å². The van der Waals surface area contributed by atoms with Gasteiger partial charge in [-0.05, 0) is 13.0 Å². The average Bonchev–Trinajstić information content (AvgIpc) is 2.73. The monoisotopic (exact) mass is 279 g/mol. The van der Waals surface area contributed by atoms with Crippen LogP contribution in [0.1, 0.15) is 33.4 Å². The zero-order chi connectivity index (χ0) is 14.2. The van der Waals surface area contributed by atoms with E-state index in [0.717, 1.165) is 11.2 Å². The summed E-state index contributed by atoms with van der Waals surface area (Å²) in [7, 11) is 0. The van der Waals surface area contributed by atoms with Gasteiger partial charge in [-0.3, -0.25) is 4.79 Å². The van der Waals surface area contributed by atoms with Crippen molar-refractivity contribution in [2.45, 2.75) is 43.4 Å². The van der Waals surface area contributed by atoms with Gasteiger partial charge in [0.2, 0.25) is 0 Å². The van der Waals surface area contributed by atoms with E-state index in [0.29, 0.717) is 5.03 Å². The molecule has 0 saturated heterocycles. The first-order valence-electron chi connectivity index (χ1n) is 6.03. The quantitative estimate of drug-likeness (QED) is 0.875. The van der Waals surface area contributed by atoms with Crippen LogP contribution in [0, 0.1) is 0 Å². The second-order valence-electron chi connectivity index (χ2n) is 5.44. The van der Waals surface area contributed by atoms with Gasteiger partial charge in [-0.25, -0.2) is 9.50 Å². The van der Waals surface area contributed by atoms with Gasteiger partial charge in [0.15, 0.2) is 0 Å². The number of thioether (sulfide) groups is 1. The van der Waals surface area contributed by atoms with Crippen LogP contribution in [0.4, 0.5) is 0 Å². The van der Waals surface area contributed by atoms with Crippen molar-refractivity contribution in [3.05, 3.63) is 24.2 Å². The molecule has 102 valence electrons. The molecule has 19 heavy (non-hydrogen) atoms. The molecule has 2 aromatic heterocycles. The predicted octanol–water partition coefficient (Wildman–Crippen LogP) is 2.59.